The quantitative estimate of drug-likeness (QED) is 0.798. The first-order chi connectivity index (χ1) is 10.5. The van der Waals surface area contributed by atoms with E-state index in [0.717, 1.165) is 16.6 Å². The highest BCUT2D eigenvalue weighted by Gasteiger charge is 2.50. The molecule has 0 bridgehead atoms. The zero-order chi connectivity index (χ0) is 15.5. The minimum absolute atomic E-state index is 0.0109. The maximum atomic E-state index is 6.14. The van der Waals surface area contributed by atoms with Crippen LogP contribution in [0.15, 0.2) is 42.9 Å². The van der Waals surface area contributed by atoms with Crippen LogP contribution in [-0.4, -0.2) is 32.5 Å². The van der Waals surface area contributed by atoms with E-state index in [1.165, 1.54) is 6.33 Å². The van der Waals surface area contributed by atoms with E-state index < -0.39 is 5.79 Å². The van der Waals surface area contributed by atoms with E-state index in [9.17, 15) is 0 Å². The van der Waals surface area contributed by atoms with Crippen LogP contribution in [-0.2, 0) is 9.47 Å². The van der Waals surface area contributed by atoms with Gasteiger partial charge in [0.2, 0.25) is 0 Å². The molecular weight excluding hydrogens is 302 g/mol. The third-order valence-electron chi connectivity index (χ3n) is 4.17. The van der Waals surface area contributed by atoms with Crippen molar-refractivity contribution in [2.45, 2.75) is 37.9 Å². The fourth-order valence-corrected chi connectivity index (χ4v) is 3.48. The maximum absolute atomic E-state index is 6.14. The van der Waals surface area contributed by atoms with E-state index in [4.69, 9.17) is 21.1 Å². The number of fused-ring (bicyclic) bond motifs is 2. The van der Waals surface area contributed by atoms with E-state index >= 15 is 0 Å². The molecule has 3 atom stereocenters. The van der Waals surface area contributed by atoms with Crippen LogP contribution in [0.25, 0.3) is 11.0 Å². The van der Waals surface area contributed by atoms with Crippen LogP contribution in [0, 0.1) is 0 Å². The van der Waals surface area contributed by atoms with Crippen molar-refractivity contribution < 1.29 is 9.47 Å². The third-order valence-corrected chi connectivity index (χ3v) is 4.48. The average Bonchev–Trinajstić information content (AvgIpc) is 3.10. The van der Waals surface area contributed by atoms with Crippen molar-refractivity contribution in [3.63, 3.8) is 0 Å². The average molecular weight is 318 g/mol. The van der Waals surface area contributed by atoms with Gasteiger partial charge in [-0.3, -0.25) is 0 Å². The van der Waals surface area contributed by atoms with Gasteiger partial charge < -0.3 is 14.0 Å². The first kappa shape index (κ1) is 13.9. The Kier molecular flexibility index (Phi) is 2.95. The number of halogens is 1. The Morgan fingerprint density at radius 2 is 2.18 bits per heavy atom. The summed E-state index contributed by atoms with van der Waals surface area (Å²) in [6.45, 7) is 7.74. The Morgan fingerprint density at radius 3 is 2.95 bits per heavy atom. The molecule has 0 N–H and O–H groups in total. The first-order valence-corrected chi connectivity index (χ1v) is 7.55. The second kappa shape index (κ2) is 4.65. The molecule has 0 radical (unpaired) electrons. The summed E-state index contributed by atoms with van der Waals surface area (Å²) in [5.74, 6) is -0.605. The molecule has 2 aromatic heterocycles. The van der Waals surface area contributed by atoms with E-state index in [-0.39, 0.29) is 18.2 Å². The third kappa shape index (κ3) is 1.93. The normalized spacial score (nSPS) is 29.6. The van der Waals surface area contributed by atoms with Crippen molar-refractivity contribution in [3.8, 4) is 0 Å². The van der Waals surface area contributed by atoms with Gasteiger partial charge in [-0.2, -0.15) is 0 Å². The minimum atomic E-state index is -0.605. The van der Waals surface area contributed by atoms with Gasteiger partial charge in [-0.1, -0.05) is 30.3 Å². The highest BCUT2D eigenvalue weighted by Crippen LogP contribution is 2.44. The number of aromatic nitrogens is 3. The molecule has 0 amide bonds. The molecule has 0 aromatic carbocycles. The Morgan fingerprint density at radius 1 is 1.36 bits per heavy atom. The topological polar surface area (TPSA) is 49.2 Å². The lowest BCUT2D eigenvalue weighted by atomic mass is 10.1. The summed E-state index contributed by atoms with van der Waals surface area (Å²) in [6, 6.07) is 1.91. The molecule has 3 heterocycles. The molecule has 0 unspecified atom stereocenters. The standard InChI is InChI=1S/C16H16ClN3O2/c1-4-9-7-11(13-12(9)21-16(2,3)22-13)20-6-5-10-14(17)18-8-19-15(10)20/h4-8,11-13H,1H2,2-3H3/t11-,12-,13+/m1/s1. The maximum Gasteiger partial charge on any atom is 0.164 e. The zero-order valence-corrected chi connectivity index (χ0v) is 13.1. The van der Waals surface area contributed by atoms with E-state index in [1.807, 2.05) is 32.2 Å². The first-order valence-electron chi connectivity index (χ1n) is 7.17. The van der Waals surface area contributed by atoms with Gasteiger partial charge in [0.05, 0.1) is 11.4 Å². The van der Waals surface area contributed by atoms with Crippen molar-refractivity contribution in [2.75, 3.05) is 0 Å². The molecule has 5 nitrogen and oxygen atoms in total. The smallest absolute Gasteiger partial charge is 0.164 e. The van der Waals surface area contributed by atoms with Gasteiger partial charge in [0.1, 0.15) is 29.3 Å². The Bertz CT molecular complexity index is 796. The van der Waals surface area contributed by atoms with Crippen LogP contribution in [0.3, 0.4) is 0 Å². The molecule has 1 fully saturated rings. The van der Waals surface area contributed by atoms with Crippen molar-refractivity contribution in [1.29, 1.82) is 0 Å². The molecule has 1 aliphatic heterocycles. The molecule has 22 heavy (non-hydrogen) atoms. The van der Waals surface area contributed by atoms with E-state index in [1.54, 1.807) is 0 Å². The van der Waals surface area contributed by atoms with Crippen LogP contribution in [0.5, 0.6) is 0 Å². The predicted octanol–water partition coefficient (Wildman–Crippen LogP) is 3.27. The molecule has 2 aliphatic rings. The number of rotatable bonds is 2. The molecule has 6 heteroatoms. The lowest BCUT2D eigenvalue weighted by Gasteiger charge is -2.22. The highest BCUT2D eigenvalue weighted by atomic mass is 35.5. The monoisotopic (exact) mass is 317 g/mol. The highest BCUT2D eigenvalue weighted by molar-refractivity contribution is 6.33. The van der Waals surface area contributed by atoms with Gasteiger partial charge in [-0.25, -0.2) is 9.97 Å². The van der Waals surface area contributed by atoms with Gasteiger partial charge in [0.15, 0.2) is 5.79 Å². The summed E-state index contributed by atoms with van der Waals surface area (Å²) in [6.07, 6.45) is 7.18. The summed E-state index contributed by atoms with van der Waals surface area (Å²) < 4.78 is 14.2. The number of hydrogen-bond donors (Lipinski definition) is 0. The van der Waals surface area contributed by atoms with Gasteiger partial charge >= 0.3 is 0 Å². The molecule has 2 aromatic rings. The van der Waals surface area contributed by atoms with Crippen LogP contribution >= 0.6 is 11.6 Å². The molecule has 1 aliphatic carbocycles. The molecule has 0 saturated carbocycles. The van der Waals surface area contributed by atoms with Gasteiger partial charge in [-0.05, 0) is 25.5 Å². The number of ether oxygens (including phenoxy) is 2. The van der Waals surface area contributed by atoms with Crippen LogP contribution in [0.1, 0.15) is 19.9 Å². The van der Waals surface area contributed by atoms with Gasteiger partial charge in [-0.15, -0.1) is 0 Å². The number of nitrogens with zero attached hydrogens (tertiary/aromatic N) is 3. The second-order valence-electron chi connectivity index (χ2n) is 6.01. The Balaban J connectivity index is 1.83. The summed E-state index contributed by atoms with van der Waals surface area (Å²) in [4.78, 5) is 8.39. The van der Waals surface area contributed by atoms with Gasteiger partial charge in [0, 0.05) is 6.20 Å². The Hall–Kier alpha value is -1.69. The molecule has 0 spiro atoms. The fraction of sp³-hybridized carbons (Fsp3) is 0.375. The zero-order valence-electron chi connectivity index (χ0n) is 12.4. The summed E-state index contributed by atoms with van der Waals surface area (Å²) in [7, 11) is 0. The second-order valence-corrected chi connectivity index (χ2v) is 6.36. The van der Waals surface area contributed by atoms with Crippen molar-refractivity contribution in [3.05, 3.63) is 48.0 Å². The lowest BCUT2D eigenvalue weighted by Crippen LogP contribution is -2.27. The van der Waals surface area contributed by atoms with Crippen LogP contribution in [0.2, 0.25) is 5.15 Å². The minimum Gasteiger partial charge on any atom is -0.342 e. The lowest BCUT2D eigenvalue weighted by molar-refractivity contribution is -0.147. The van der Waals surface area contributed by atoms with E-state index in [0.29, 0.717) is 5.15 Å². The van der Waals surface area contributed by atoms with Gasteiger partial charge in [0.25, 0.3) is 0 Å². The molecule has 4 rings (SSSR count). The van der Waals surface area contributed by atoms with E-state index in [2.05, 4.69) is 27.2 Å². The van der Waals surface area contributed by atoms with Crippen molar-refractivity contribution >= 4 is 22.6 Å². The van der Waals surface area contributed by atoms with Crippen LogP contribution < -0.4 is 0 Å². The molecular formula is C16H16ClN3O2. The molecule has 1 saturated heterocycles. The summed E-state index contributed by atoms with van der Waals surface area (Å²) >= 11 is 6.14. The predicted molar refractivity (Wildman–Crippen MR) is 83.7 cm³/mol. The fourth-order valence-electron chi connectivity index (χ4n) is 3.29. The Labute approximate surface area is 133 Å². The largest absolute Gasteiger partial charge is 0.342 e. The van der Waals surface area contributed by atoms with Crippen LogP contribution in [0.4, 0.5) is 0 Å². The van der Waals surface area contributed by atoms with Crippen molar-refractivity contribution in [2.24, 2.45) is 0 Å². The summed E-state index contributed by atoms with van der Waals surface area (Å²) in [5, 5.41) is 1.29. The number of hydrogen-bond acceptors (Lipinski definition) is 4. The SMILES string of the molecule is C=CC1=C[C@@H](n2ccc3c(Cl)ncnc32)[C@@H]2OC(C)(C)O[C@H]12. The summed E-state index contributed by atoms with van der Waals surface area (Å²) in [5.41, 5.74) is 1.83. The van der Waals surface area contributed by atoms with Crippen molar-refractivity contribution in [1.82, 2.24) is 14.5 Å². The molecule has 114 valence electrons.